The van der Waals surface area contributed by atoms with Gasteiger partial charge in [0.05, 0.1) is 0 Å². The van der Waals surface area contributed by atoms with Crippen molar-refractivity contribution >= 4 is 11.4 Å². The molecule has 0 unspecified atom stereocenters. The Balaban J connectivity index is 1.69. The Hall–Kier alpha value is -1.22. The Morgan fingerprint density at radius 3 is 2.82 bits per heavy atom. The van der Waals surface area contributed by atoms with Crippen molar-refractivity contribution in [2.24, 2.45) is 5.92 Å². The average Bonchev–Trinajstić information content (AvgIpc) is 2.32. The maximum Gasteiger partial charge on any atom is 0.0360 e. The minimum atomic E-state index is 0.828. The fraction of sp³-hybridized carbons (Fsp3) is 0.571. The van der Waals surface area contributed by atoms with Crippen LogP contribution < -0.4 is 11.1 Å². The lowest BCUT2D eigenvalue weighted by Crippen LogP contribution is -2.30. The third-order valence-corrected chi connectivity index (χ3v) is 3.61. The number of likely N-dealkylation sites (tertiary alicyclic amines) is 1. The quantitative estimate of drug-likeness (QED) is 0.785. The predicted octanol–water partition coefficient (Wildman–Crippen LogP) is 2.41. The molecule has 0 bridgehead atoms. The van der Waals surface area contributed by atoms with Crippen LogP contribution in [0.25, 0.3) is 0 Å². The fourth-order valence-corrected chi connectivity index (χ4v) is 2.42. The Morgan fingerprint density at radius 2 is 2.12 bits per heavy atom. The largest absolute Gasteiger partial charge is 0.399 e. The first-order valence-electron chi connectivity index (χ1n) is 6.52. The van der Waals surface area contributed by atoms with Gasteiger partial charge in [0, 0.05) is 17.9 Å². The molecule has 0 amide bonds. The number of benzene rings is 1. The van der Waals surface area contributed by atoms with Gasteiger partial charge in [0.15, 0.2) is 0 Å². The predicted molar refractivity (Wildman–Crippen MR) is 74.2 cm³/mol. The molecule has 3 N–H and O–H groups in total. The van der Waals surface area contributed by atoms with Crippen LogP contribution in [0.1, 0.15) is 19.3 Å². The molecule has 0 saturated carbocycles. The molecular formula is C14H23N3. The molecule has 94 valence electrons. The number of nitrogen functional groups attached to an aromatic ring is 1. The molecule has 1 aliphatic rings. The van der Waals surface area contributed by atoms with Gasteiger partial charge in [-0.15, -0.1) is 0 Å². The molecule has 0 aliphatic carbocycles. The van der Waals surface area contributed by atoms with Gasteiger partial charge in [-0.05, 0) is 63.5 Å². The van der Waals surface area contributed by atoms with Crippen LogP contribution in [0, 0.1) is 5.92 Å². The monoisotopic (exact) mass is 233 g/mol. The van der Waals surface area contributed by atoms with Crippen LogP contribution in [0.4, 0.5) is 11.4 Å². The molecule has 0 atom stereocenters. The topological polar surface area (TPSA) is 41.3 Å². The highest BCUT2D eigenvalue weighted by atomic mass is 15.1. The number of anilines is 2. The van der Waals surface area contributed by atoms with E-state index in [1.165, 1.54) is 32.4 Å². The average molecular weight is 233 g/mol. The standard InChI is InChI=1S/C14H23N3/c1-17-9-6-12(7-10-17)5-8-16-14-4-2-3-13(15)11-14/h2-4,11-12,16H,5-10,15H2,1H3. The van der Waals surface area contributed by atoms with Gasteiger partial charge in [0.2, 0.25) is 0 Å². The highest BCUT2D eigenvalue weighted by Crippen LogP contribution is 2.20. The number of hydrogen-bond donors (Lipinski definition) is 2. The van der Waals surface area contributed by atoms with Gasteiger partial charge in [0.25, 0.3) is 0 Å². The minimum absolute atomic E-state index is 0.828. The summed E-state index contributed by atoms with van der Waals surface area (Å²) in [7, 11) is 2.21. The van der Waals surface area contributed by atoms with E-state index in [-0.39, 0.29) is 0 Å². The molecular weight excluding hydrogens is 210 g/mol. The second-order valence-corrected chi connectivity index (χ2v) is 5.09. The van der Waals surface area contributed by atoms with E-state index in [0.29, 0.717) is 0 Å². The highest BCUT2D eigenvalue weighted by Gasteiger charge is 2.15. The second kappa shape index (κ2) is 5.92. The van der Waals surface area contributed by atoms with Crippen molar-refractivity contribution in [1.29, 1.82) is 0 Å². The molecule has 0 spiro atoms. The van der Waals surface area contributed by atoms with Gasteiger partial charge >= 0.3 is 0 Å². The molecule has 3 heteroatoms. The summed E-state index contributed by atoms with van der Waals surface area (Å²) in [4.78, 5) is 2.42. The summed E-state index contributed by atoms with van der Waals surface area (Å²) in [5.41, 5.74) is 7.71. The van der Waals surface area contributed by atoms with E-state index in [9.17, 15) is 0 Å². The Morgan fingerprint density at radius 1 is 1.35 bits per heavy atom. The summed E-state index contributed by atoms with van der Waals surface area (Å²) < 4.78 is 0. The number of hydrogen-bond acceptors (Lipinski definition) is 3. The van der Waals surface area contributed by atoms with Crippen molar-refractivity contribution in [3.63, 3.8) is 0 Å². The van der Waals surface area contributed by atoms with Gasteiger partial charge in [-0.2, -0.15) is 0 Å². The summed E-state index contributed by atoms with van der Waals surface area (Å²) in [5.74, 6) is 0.889. The first-order valence-corrected chi connectivity index (χ1v) is 6.52. The van der Waals surface area contributed by atoms with Crippen LogP contribution in [0.2, 0.25) is 0 Å². The number of piperidine rings is 1. The molecule has 1 heterocycles. The van der Waals surface area contributed by atoms with Gasteiger partial charge in [0.1, 0.15) is 0 Å². The van der Waals surface area contributed by atoms with Crippen molar-refractivity contribution in [2.45, 2.75) is 19.3 Å². The molecule has 1 saturated heterocycles. The summed E-state index contributed by atoms with van der Waals surface area (Å²) in [6.45, 7) is 3.56. The van der Waals surface area contributed by atoms with Gasteiger partial charge in [-0.3, -0.25) is 0 Å². The van der Waals surface area contributed by atoms with E-state index in [2.05, 4.69) is 23.3 Å². The lowest BCUT2D eigenvalue weighted by Gasteiger charge is -2.29. The third-order valence-electron chi connectivity index (χ3n) is 3.61. The number of nitrogens with one attached hydrogen (secondary N) is 1. The van der Waals surface area contributed by atoms with Crippen LogP contribution in [-0.4, -0.2) is 31.6 Å². The summed E-state index contributed by atoms with van der Waals surface area (Å²) in [6.07, 6.45) is 3.95. The Kier molecular flexibility index (Phi) is 4.26. The van der Waals surface area contributed by atoms with Crippen LogP contribution in [-0.2, 0) is 0 Å². The Bertz CT molecular complexity index is 343. The summed E-state index contributed by atoms with van der Waals surface area (Å²) in [6, 6.07) is 7.98. The molecule has 1 aromatic carbocycles. The molecule has 1 fully saturated rings. The van der Waals surface area contributed by atoms with Crippen LogP contribution in [0.3, 0.4) is 0 Å². The molecule has 1 aliphatic heterocycles. The van der Waals surface area contributed by atoms with Crippen molar-refractivity contribution in [3.8, 4) is 0 Å². The fourth-order valence-electron chi connectivity index (χ4n) is 2.42. The van der Waals surface area contributed by atoms with E-state index < -0.39 is 0 Å². The van der Waals surface area contributed by atoms with Gasteiger partial charge < -0.3 is 16.0 Å². The van der Waals surface area contributed by atoms with Crippen molar-refractivity contribution < 1.29 is 0 Å². The summed E-state index contributed by atoms with van der Waals surface area (Å²) in [5, 5.41) is 3.45. The number of nitrogens with two attached hydrogens (primary N) is 1. The molecule has 1 aromatic rings. The maximum absolute atomic E-state index is 5.74. The van der Waals surface area contributed by atoms with E-state index in [1.807, 2.05) is 18.2 Å². The lowest BCUT2D eigenvalue weighted by molar-refractivity contribution is 0.215. The lowest BCUT2D eigenvalue weighted by atomic mass is 9.94. The van der Waals surface area contributed by atoms with Crippen LogP contribution in [0.5, 0.6) is 0 Å². The normalized spacial score (nSPS) is 18.2. The number of rotatable bonds is 4. The molecule has 3 nitrogen and oxygen atoms in total. The van der Waals surface area contributed by atoms with Crippen LogP contribution >= 0.6 is 0 Å². The highest BCUT2D eigenvalue weighted by molar-refractivity contribution is 5.53. The zero-order chi connectivity index (χ0) is 12.1. The van der Waals surface area contributed by atoms with Gasteiger partial charge in [-0.1, -0.05) is 6.07 Å². The third kappa shape index (κ3) is 3.93. The zero-order valence-electron chi connectivity index (χ0n) is 10.7. The maximum atomic E-state index is 5.74. The number of nitrogens with zero attached hydrogens (tertiary/aromatic N) is 1. The van der Waals surface area contributed by atoms with E-state index >= 15 is 0 Å². The molecule has 2 rings (SSSR count). The van der Waals surface area contributed by atoms with E-state index in [0.717, 1.165) is 23.8 Å². The Labute approximate surface area is 104 Å². The van der Waals surface area contributed by atoms with Gasteiger partial charge in [-0.25, -0.2) is 0 Å². The van der Waals surface area contributed by atoms with Crippen molar-refractivity contribution in [1.82, 2.24) is 4.90 Å². The SMILES string of the molecule is CN1CCC(CCNc2cccc(N)c2)CC1. The van der Waals surface area contributed by atoms with E-state index in [1.54, 1.807) is 0 Å². The van der Waals surface area contributed by atoms with Crippen molar-refractivity contribution in [3.05, 3.63) is 24.3 Å². The first kappa shape index (κ1) is 12.2. The summed E-state index contributed by atoms with van der Waals surface area (Å²) >= 11 is 0. The molecule has 17 heavy (non-hydrogen) atoms. The smallest absolute Gasteiger partial charge is 0.0360 e. The second-order valence-electron chi connectivity index (χ2n) is 5.09. The minimum Gasteiger partial charge on any atom is -0.399 e. The zero-order valence-corrected chi connectivity index (χ0v) is 10.7. The van der Waals surface area contributed by atoms with Crippen molar-refractivity contribution in [2.75, 3.05) is 37.7 Å². The first-order chi connectivity index (χ1) is 8.24. The molecule has 0 aromatic heterocycles. The molecule has 0 radical (unpaired) electrons. The van der Waals surface area contributed by atoms with Crippen LogP contribution in [0.15, 0.2) is 24.3 Å². The van der Waals surface area contributed by atoms with E-state index in [4.69, 9.17) is 5.73 Å².